The Labute approximate surface area is 227 Å². The lowest BCUT2D eigenvalue weighted by atomic mass is 10.0. The Balaban J connectivity index is 1.50. The van der Waals surface area contributed by atoms with E-state index < -0.39 is 17.7 Å². The van der Waals surface area contributed by atoms with E-state index in [9.17, 15) is 8.78 Å². The Bertz CT molecular complexity index is 1200. The highest BCUT2D eigenvalue weighted by molar-refractivity contribution is 6.31. The van der Waals surface area contributed by atoms with Crippen molar-refractivity contribution in [1.82, 2.24) is 9.80 Å². The van der Waals surface area contributed by atoms with E-state index in [1.165, 1.54) is 0 Å². The number of nitrogens with zero attached hydrogens (tertiary/aromatic N) is 5. The highest BCUT2D eigenvalue weighted by Gasteiger charge is 2.29. The zero-order valence-electron chi connectivity index (χ0n) is 22.1. The molecule has 11 heteroatoms. The molecule has 4 N–H and O–H groups in total. The summed E-state index contributed by atoms with van der Waals surface area (Å²) in [6, 6.07) is 8.16. The van der Waals surface area contributed by atoms with E-state index in [0.717, 1.165) is 43.8 Å². The van der Waals surface area contributed by atoms with Crippen molar-refractivity contribution in [2.75, 3.05) is 52.3 Å². The third-order valence-corrected chi connectivity index (χ3v) is 7.76. The molecule has 2 aliphatic heterocycles. The Morgan fingerprint density at radius 3 is 2.55 bits per heavy atom. The average Bonchev–Trinajstić information content (AvgIpc) is 2.91. The smallest absolute Gasteiger partial charge is 0.146 e. The molecule has 2 aromatic carbocycles. The monoisotopic (exact) mass is 547 g/mol. The number of ether oxygens (including phenoxy) is 1. The van der Waals surface area contributed by atoms with Gasteiger partial charge < -0.3 is 26.0 Å². The normalized spacial score (nSPS) is 19.7. The first-order valence-electron chi connectivity index (χ1n) is 12.8. The van der Waals surface area contributed by atoms with Crippen molar-refractivity contribution >= 4 is 34.6 Å². The molecule has 38 heavy (non-hydrogen) atoms. The van der Waals surface area contributed by atoms with Crippen molar-refractivity contribution in [1.29, 1.82) is 0 Å². The second-order valence-electron chi connectivity index (χ2n) is 9.96. The van der Waals surface area contributed by atoms with Crippen molar-refractivity contribution in [2.45, 2.75) is 37.9 Å². The van der Waals surface area contributed by atoms with Gasteiger partial charge in [-0.3, -0.25) is 9.89 Å². The predicted molar refractivity (Wildman–Crippen MR) is 150 cm³/mol. The fourth-order valence-electron chi connectivity index (χ4n) is 5.09. The van der Waals surface area contributed by atoms with Crippen molar-refractivity contribution in [3.8, 4) is 5.75 Å². The van der Waals surface area contributed by atoms with E-state index in [4.69, 9.17) is 27.8 Å². The van der Waals surface area contributed by atoms with Crippen molar-refractivity contribution < 1.29 is 13.5 Å². The molecule has 0 aromatic heterocycles. The molecule has 0 aliphatic carbocycles. The summed E-state index contributed by atoms with van der Waals surface area (Å²) in [6.07, 6.45) is 2.47. The Kier molecular flexibility index (Phi) is 9.07. The van der Waals surface area contributed by atoms with Gasteiger partial charge in [-0.1, -0.05) is 11.6 Å². The van der Waals surface area contributed by atoms with E-state index in [2.05, 4.69) is 33.9 Å². The number of piperidine rings is 1. The molecule has 0 saturated carbocycles. The summed E-state index contributed by atoms with van der Waals surface area (Å²) in [5.41, 5.74) is 14.4. The summed E-state index contributed by atoms with van der Waals surface area (Å²) in [7, 11) is 5.86. The number of benzene rings is 2. The highest BCUT2D eigenvalue weighted by Crippen LogP contribution is 2.34. The minimum atomic E-state index is -0.669. The van der Waals surface area contributed by atoms with Crippen molar-refractivity contribution in [2.24, 2.45) is 21.5 Å². The van der Waals surface area contributed by atoms with Crippen LogP contribution in [0.15, 0.2) is 40.3 Å². The molecule has 0 bridgehead atoms. The number of nitrogens with two attached hydrogens (primary N) is 2. The van der Waals surface area contributed by atoms with Crippen LogP contribution in [0.2, 0.25) is 5.02 Å². The number of hydrogen-bond acceptors (Lipinski definition) is 7. The number of amidine groups is 2. The van der Waals surface area contributed by atoms with Crippen LogP contribution in [-0.2, 0) is 6.54 Å². The lowest BCUT2D eigenvalue weighted by Gasteiger charge is -2.36. The summed E-state index contributed by atoms with van der Waals surface area (Å²) in [4.78, 5) is 15.5. The van der Waals surface area contributed by atoms with Crippen LogP contribution in [0.3, 0.4) is 0 Å². The molecule has 1 unspecified atom stereocenters. The van der Waals surface area contributed by atoms with Crippen LogP contribution in [-0.4, -0.2) is 80.9 Å². The first-order chi connectivity index (χ1) is 18.2. The molecular weight excluding hydrogens is 512 g/mol. The number of halogens is 3. The number of methoxy groups -OCH3 is 1. The molecule has 8 nitrogen and oxygen atoms in total. The van der Waals surface area contributed by atoms with Crippen LogP contribution >= 0.6 is 11.6 Å². The number of anilines is 1. The molecule has 206 valence electrons. The van der Waals surface area contributed by atoms with Crippen LogP contribution in [0.5, 0.6) is 5.75 Å². The first-order valence-corrected chi connectivity index (χ1v) is 13.1. The summed E-state index contributed by atoms with van der Waals surface area (Å²) < 4.78 is 34.1. The van der Waals surface area contributed by atoms with Gasteiger partial charge in [0.2, 0.25) is 0 Å². The molecule has 2 aromatic rings. The maximum atomic E-state index is 14.5. The Hall–Kier alpha value is -2.95. The molecule has 1 atom stereocenters. The average molecular weight is 548 g/mol. The molecule has 1 saturated heterocycles. The maximum absolute atomic E-state index is 14.5. The number of aliphatic imine (C=N–C) groups is 2. The van der Waals surface area contributed by atoms with Crippen LogP contribution in [0.4, 0.5) is 20.2 Å². The highest BCUT2D eigenvalue weighted by atomic mass is 35.5. The summed E-state index contributed by atoms with van der Waals surface area (Å²) in [6.45, 7) is 2.95. The van der Waals surface area contributed by atoms with Gasteiger partial charge in [0, 0.05) is 56.0 Å². The molecule has 0 amide bonds. The first kappa shape index (κ1) is 28.1. The largest absolute Gasteiger partial charge is 0.494 e. The third-order valence-electron chi connectivity index (χ3n) is 7.35. The second kappa shape index (κ2) is 12.3. The second-order valence-corrected chi connectivity index (χ2v) is 10.3. The topological polar surface area (TPSA) is 95.7 Å². The van der Waals surface area contributed by atoms with Crippen LogP contribution in [0.1, 0.15) is 24.8 Å². The Morgan fingerprint density at radius 1 is 1.16 bits per heavy atom. The SMILES string of the molecule is COc1cc(N2CCC(N(C)C)CC2)ccc1N=C(N)CC1C(N)=NCCN1Cc1c(F)ccc(F)c1Cl. The molecule has 2 heterocycles. The molecule has 1 fully saturated rings. The van der Waals surface area contributed by atoms with Gasteiger partial charge in [-0.25, -0.2) is 13.8 Å². The predicted octanol–water partition coefficient (Wildman–Crippen LogP) is 3.78. The van der Waals surface area contributed by atoms with Gasteiger partial charge in [-0.15, -0.1) is 0 Å². The minimum Gasteiger partial charge on any atom is -0.494 e. The minimum absolute atomic E-state index is 0.0686. The van der Waals surface area contributed by atoms with Crippen LogP contribution in [0.25, 0.3) is 0 Å². The van der Waals surface area contributed by atoms with Crippen molar-refractivity contribution in [3.05, 3.63) is 52.6 Å². The molecular formula is C27H36ClF2N7O. The third kappa shape index (κ3) is 6.36. The van der Waals surface area contributed by atoms with Gasteiger partial charge in [0.15, 0.2) is 0 Å². The van der Waals surface area contributed by atoms with Gasteiger partial charge in [0.25, 0.3) is 0 Å². The zero-order chi connectivity index (χ0) is 27.4. The number of rotatable bonds is 8. The summed E-state index contributed by atoms with van der Waals surface area (Å²) in [5.74, 6) is 0.0658. The van der Waals surface area contributed by atoms with Gasteiger partial charge >= 0.3 is 0 Å². The quantitative estimate of drug-likeness (QED) is 0.297. The van der Waals surface area contributed by atoms with Crippen LogP contribution < -0.4 is 21.1 Å². The van der Waals surface area contributed by atoms with Gasteiger partial charge in [-0.2, -0.15) is 0 Å². The number of hydrogen-bond donors (Lipinski definition) is 2. The van der Waals surface area contributed by atoms with E-state index in [0.29, 0.717) is 42.2 Å². The van der Waals surface area contributed by atoms with E-state index in [1.54, 1.807) is 7.11 Å². The van der Waals surface area contributed by atoms with Gasteiger partial charge in [0.05, 0.1) is 24.7 Å². The Morgan fingerprint density at radius 2 is 1.87 bits per heavy atom. The summed E-state index contributed by atoms with van der Waals surface area (Å²) >= 11 is 6.07. The lowest BCUT2D eigenvalue weighted by molar-refractivity contribution is 0.228. The lowest BCUT2D eigenvalue weighted by Crippen LogP contribution is -2.50. The standard InChI is InChI=1S/C27H36ClF2N7O/c1-35(2)17-8-11-36(12-9-17)18-4-7-22(24(14-18)38-3)34-25(31)15-23-27(32)33-10-13-37(23)16-19-20(29)5-6-21(30)26(19)28/h4-7,14,17,23H,8-13,15-16H2,1-3H3,(H2,31,34)(H2,32,33). The molecule has 4 rings (SSSR count). The molecule has 2 aliphatic rings. The van der Waals surface area contributed by atoms with Gasteiger partial charge in [-0.05, 0) is 51.2 Å². The summed E-state index contributed by atoms with van der Waals surface area (Å²) in [5, 5.41) is -0.234. The fourth-order valence-corrected chi connectivity index (χ4v) is 5.30. The zero-order valence-corrected chi connectivity index (χ0v) is 22.9. The van der Waals surface area contributed by atoms with Crippen LogP contribution in [0, 0.1) is 11.6 Å². The van der Waals surface area contributed by atoms with E-state index in [1.807, 2.05) is 23.1 Å². The van der Waals surface area contributed by atoms with E-state index in [-0.39, 0.29) is 23.6 Å². The fraction of sp³-hybridized carbons (Fsp3) is 0.481. The maximum Gasteiger partial charge on any atom is 0.146 e. The molecule has 0 spiro atoms. The molecule has 0 radical (unpaired) electrons. The van der Waals surface area contributed by atoms with E-state index >= 15 is 0 Å². The van der Waals surface area contributed by atoms with Crippen molar-refractivity contribution in [3.63, 3.8) is 0 Å². The van der Waals surface area contributed by atoms with Gasteiger partial charge in [0.1, 0.15) is 34.7 Å².